The Morgan fingerprint density at radius 2 is 2.21 bits per heavy atom. The van der Waals surface area contributed by atoms with Gasteiger partial charge in [-0.25, -0.2) is 0 Å². The number of carbonyl (C=O) groups is 1. The van der Waals surface area contributed by atoms with Gasteiger partial charge in [0.2, 0.25) is 0 Å². The average molecular weight is 328 g/mol. The normalized spacial score (nSPS) is 12.5. The highest BCUT2D eigenvalue weighted by Crippen LogP contribution is 2.19. The SMILES string of the molecule is CCC(C)N(C)CCNC(=O)c1cc(N)ccc1Br. The Morgan fingerprint density at radius 1 is 1.53 bits per heavy atom. The van der Waals surface area contributed by atoms with Crippen LogP contribution in [0.25, 0.3) is 0 Å². The minimum Gasteiger partial charge on any atom is -0.399 e. The van der Waals surface area contributed by atoms with Crippen LogP contribution in [-0.4, -0.2) is 37.0 Å². The Morgan fingerprint density at radius 3 is 2.84 bits per heavy atom. The van der Waals surface area contributed by atoms with Crippen LogP contribution in [0.1, 0.15) is 30.6 Å². The fraction of sp³-hybridized carbons (Fsp3) is 0.500. The van der Waals surface area contributed by atoms with Crippen LogP contribution >= 0.6 is 15.9 Å². The van der Waals surface area contributed by atoms with Gasteiger partial charge in [0.25, 0.3) is 5.91 Å². The number of amides is 1. The minimum atomic E-state index is -0.100. The Kier molecular flexibility index (Phi) is 6.31. The quantitative estimate of drug-likeness (QED) is 0.789. The van der Waals surface area contributed by atoms with Crippen LogP contribution < -0.4 is 11.1 Å². The van der Waals surface area contributed by atoms with Gasteiger partial charge in [-0.3, -0.25) is 4.79 Å². The highest BCUT2D eigenvalue weighted by molar-refractivity contribution is 9.10. The molecule has 0 saturated carbocycles. The van der Waals surface area contributed by atoms with Crippen molar-refractivity contribution in [3.05, 3.63) is 28.2 Å². The van der Waals surface area contributed by atoms with Crippen molar-refractivity contribution < 1.29 is 4.79 Å². The molecule has 106 valence electrons. The number of nitrogens with two attached hydrogens (primary N) is 1. The van der Waals surface area contributed by atoms with E-state index in [1.165, 1.54) is 0 Å². The number of nitrogen functional groups attached to an aromatic ring is 1. The van der Waals surface area contributed by atoms with Gasteiger partial charge in [0, 0.05) is 29.3 Å². The Bertz CT molecular complexity index is 437. The molecule has 0 aliphatic rings. The summed E-state index contributed by atoms with van der Waals surface area (Å²) in [7, 11) is 2.07. The molecule has 1 amide bonds. The van der Waals surface area contributed by atoms with Crippen LogP contribution in [0.5, 0.6) is 0 Å². The van der Waals surface area contributed by atoms with Gasteiger partial charge in [0.05, 0.1) is 5.56 Å². The van der Waals surface area contributed by atoms with Crippen molar-refractivity contribution >= 4 is 27.5 Å². The molecule has 4 nitrogen and oxygen atoms in total. The first-order valence-electron chi connectivity index (χ1n) is 6.49. The fourth-order valence-electron chi connectivity index (χ4n) is 1.69. The molecule has 0 radical (unpaired) electrons. The first kappa shape index (κ1) is 16.0. The number of carbonyl (C=O) groups excluding carboxylic acids is 1. The van der Waals surface area contributed by atoms with Crippen molar-refractivity contribution in [3.8, 4) is 0 Å². The summed E-state index contributed by atoms with van der Waals surface area (Å²) >= 11 is 3.36. The number of nitrogens with one attached hydrogen (secondary N) is 1. The van der Waals surface area contributed by atoms with Gasteiger partial charge < -0.3 is 16.0 Å². The predicted octanol–water partition coefficient (Wildman–Crippen LogP) is 2.49. The van der Waals surface area contributed by atoms with Gasteiger partial charge in [-0.2, -0.15) is 0 Å². The predicted molar refractivity (Wildman–Crippen MR) is 83.3 cm³/mol. The summed E-state index contributed by atoms with van der Waals surface area (Å²) in [5.74, 6) is -0.100. The maximum Gasteiger partial charge on any atom is 0.252 e. The van der Waals surface area contributed by atoms with Crippen molar-refractivity contribution in [1.82, 2.24) is 10.2 Å². The standard InChI is InChI=1S/C14H22BrN3O/c1-4-10(2)18(3)8-7-17-14(19)12-9-11(16)5-6-13(12)15/h5-6,9-10H,4,7-8,16H2,1-3H3,(H,17,19). The molecule has 1 aromatic carbocycles. The van der Waals surface area contributed by atoms with Gasteiger partial charge in [-0.15, -0.1) is 0 Å². The third-order valence-corrected chi connectivity index (χ3v) is 4.02. The molecule has 0 bridgehead atoms. The monoisotopic (exact) mass is 327 g/mol. The van der Waals surface area contributed by atoms with E-state index in [9.17, 15) is 4.79 Å². The number of likely N-dealkylation sites (N-methyl/N-ethyl adjacent to an activating group) is 1. The van der Waals surface area contributed by atoms with Gasteiger partial charge in [0.1, 0.15) is 0 Å². The summed E-state index contributed by atoms with van der Waals surface area (Å²) < 4.78 is 0.759. The Labute approximate surface area is 123 Å². The maximum absolute atomic E-state index is 12.0. The van der Waals surface area contributed by atoms with Crippen LogP contribution in [0.4, 0.5) is 5.69 Å². The Hall–Kier alpha value is -1.07. The number of anilines is 1. The summed E-state index contributed by atoms with van der Waals surface area (Å²) in [5.41, 5.74) is 6.85. The molecule has 19 heavy (non-hydrogen) atoms. The third kappa shape index (κ3) is 4.84. The van der Waals surface area contributed by atoms with E-state index < -0.39 is 0 Å². The molecule has 1 aromatic rings. The molecule has 0 aromatic heterocycles. The summed E-state index contributed by atoms with van der Waals surface area (Å²) in [6.45, 7) is 5.79. The highest BCUT2D eigenvalue weighted by atomic mass is 79.9. The molecule has 1 unspecified atom stereocenters. The van der Waals surface area contributed by atoms with E-state index in [-0.39, 0.29) is 5.91 Å². The van der Waals surface area contributed by atoms with Crippen molar-refractivity contribution in [1.29, 1.82) is 0 Å². The van der Waals surface area contributed by atoms with Gasteiger partial charge >= 0.3 is 0 Å². The number of halogens is 1. The number of hydrogen-bond acceptors (Lipinski definition) is 3. The van der Waals surface area contributed by atoms with E-state index in [0.29, 0.717) is 23.8 Å². The zero-order chi connectivity index (χ0) is 14.4. The molecule has 0 saturated heterocycles. The second-order valence-electron chi connectivity index (χ2n) is 4.73. The minimum absolute atomic E-state index is 0.100. The molecule has 0 heterocycles. The van der Waals surface area contributed by atoms with Crippen LogP contribution in [0, 0.1) is 0 Å². The number of benzene rings is 1. The zero-order valence-corrected chi connectivity index (χ0v) is 13.3. The lowest BCUT2D eigenvalue weighted by atomic mass is 10.2. The van der Waals surface area contributed by atoms with Crippen LogP contribution in [0.2, 0.25) is 0 Å². The lowest BCUT2D eigenvalue weighted by Gasteiger charge is -2.23. The molecule has 0 aliphatic heterocycles. The molecule has 1 atom stereocenters. The van der Waals surface area contributed by atoms with E-state index in [2.05, 4.69) is 47.0 Å². The Balaban J connectivity index is 2.50. The van der Waals surface area contributed by atoms with Gasteiger partial charge in [-0.05, 0) is 54.5 Å². The topological polar surface area (TPSA) is 58.4 Å². The molecule has 3 N–H and O–H groups in total. The summed E-state index contributed by atoms with van der Waals surface area (Å²) in [6, 6.07) is 5.75. The van der Waals surface area contributed by atoms with E-state index in [1.807, 2.05) is 0 Å². The van der Waals surface area contributed by atoms with Crippen LogP contribution in [0.15, 0.2) is 22.7 Å². The second-order valence-corrected chi connectivity index (χ2v) is 5.59. The second kappa shape index (κ2) is 7.50. The smallest absolute Gasteiger partial charge is 0.252 e. The van der Waals surface area contributed by atoms with Crippen molar-refractivity contribution in [2.45, 2.75) is 26.3 Å². The number of nitrogens with zero attached hydrogens (tertiary/aromatic N) is 1. The van der Waals surface area contributed by atoms with E-state index in [1.54, 1.807) is 18.2 Å². The maximum atomic E-state index is 12.0. The lowest BCUT2D eigenvalue weighted by Crippen LogP contribution is -2.37. The van der Waals surface area contributed by atoms with E-state index in [4.69, 9.17) is 5.73 Å². The average Bonchev–Trinajstić information content (AvgIpc) is 2.40. The molecule has 0 fully saturated rings. The molecular weight excluding hydrogens is 306 g/mol. The zero-order valence-electron chi connectivity index (χ0n) is 11.7. The summed E-state index contributed by atoms with van der Waals surface area (Å²) in [4.78, 5) is 14.3. The number of rotatable bonds is 6. The van der Waals surface area contributed by atoms with Gasteiger partial charge in [0.15, 0.2) is 0 Å². The largest absolute Gasteiger partial charge is 0.399 e. The molecule has 1 rings (SSSR count). The van der Waals surface area contributed by atoms with Crippen molar-refractivity contribution in [3.63, 3.8) is 0 Å². The lowest BCUT2D eigenvalue weighted by molar-refractivity contribution is 0.0946. The third-order valence-electron chi connectivity index (χ3n) is 3.33. The molecule has 0 aliphatic carbocycles. The summed E-state index contributed by atoms with van der Waals surface area (Å²) in [6.07, 6.45) is 1.10. The molecule has 5 heteroatoms. The van der Waals surface area contributed by atoms with E-state index >= 15 is 0 Å². The van der Waals surface area contributed by atoms with Crippen LogP contribution in [-0.2, 0) is 0 Å². The highest BCUT2D eigenvalue weighted by Gasteiger charge is 2.11. The first-order chi connectivity index (χ1) is 8.95. The molecule has 0 spiro atoms. The first-order valence-corrected chi connectivity index (χ1v) is 7.28. The summed E-state index contributed by atoms with van der Waals surface area (Å²) in [5, 5.41) is 2.91. The molecular formula is C14H22BrN3O. The van der Waals surface area contributed by atoms with Gasteiger partial charge in [-0.1, -0.05) is 6.92 Å². The van der Waals surface area contributed by atoms with Crippen LogP contribution in [0.3, 0.4) is 0 Å². The number of hydrogen-bond donors (Lipinski definition) is 2. The fourth-order valence-corrected chi connectivity index (χ4v) is 2.12. The van der Waals surface area contributed by atoms with E-state index in [0.717, 1.165) is 17.4 Å². The van der Waals surface area contributed by atoms with Crippen molar-refractivity contribution in [2.75, 3.05) is 25.9 Å². The van der Waals surface area contributed by atoms with Crippen molar-refractivity contribution in [2.24, 2.45) is 0 Å².